The summed E-state index contributed by atoms with van der Waals surface area (Å²) in [5.74, 6) is 0.959. The quantitative estimate of drug-likeness (QED) is 0.763. The van der Waals surface area contributed by atoms with Crippen molar-refractivity contribution >= 4 is 5.91 Å². The molecule has 1 amide bonds. The highest BCUT2D eigenvalue weighted by molar-refractivity contribution is 5.76. The van der Waals surface area contributed by atoms with Crippen LogP contribution in [0.3, 0.4) is 0 Å². The van der Waals surface area contributed by atoms with Gasteiger partial charge >= 0.3 is 0 Å². The number of nitriles is 1. The normalized spacial score (nSPS) is 22.4. The SMILES string of the molecule is CC(C)(C#N)N1CCN(C(=O)CC2CCC2)CC1. The van der Waals surface area contributed by atoms with Gasteiger partial charge in [0.15, 0.2) is 0 Å². The number of nitrogens with zero attached hydrogens (tertiary/aromatic N) is 3. The Morgan fingerprint density at radius 2 is 1.89 bits per heavy atom. The van der Waals surface area contributed by atoms with Gasteiger partial charge in [-0.15, -0.1) is 0 Å². The molecule has 0 aromatic rings. The molecule has 0 unspecified atom stereocenters. The molecule has 1 aliphatic carbocycles. The smallest absolute Gasteiger partial charge is 0.222 e. The Labute approximate surface area is 110 Å². The predicted molar refractivity (Wildman–Crippen MR) is 69.8 cm³/mol. The second-order valence-electron chi connectivity index (χ2n) is 6.04. The van der Waals surface area contributed by atoms with E-state index in [1.165, 1.54) is 19.3 Å². The van der Waals surface area contributed by atoms with E-state index in [-0.39, 0.29) is 0 Å². The third-order valence-electron chi connectivity index (χ3n) is 4.38. The van der Waals surface area contributed by atoms with Crippen molar-refractivity contribution < 1.29 is 4.79 Å². The Morgan fingerprint density at radius 1 is 1.28 bits per heavy atom. The molecule has 100 valence electrons. The van der Waals surface area contributed by atoms with Gasteiger partial charge in [0.25, 0.3) is 0 Å². The van der Waals surface area contributed by atoms with Gasteiger partial charge in [-0.3, -0.25) is 9.69 Å². The fourth-order valence-corrected chi connectivity index (χ4v) is 2.66. The molecule has 2 rings (SSSR count). The molecule has 4 heteroatoms. The number of hydrogen-bond acceptors (Lipinski definition) is 3. The van der Waals surface area contributed by atoms with E-state index in [0.717, 1.165) is 32.6 Å². The van der Waals surface area contributed by atoms with Gasteiger partial charge in [0.05, 0.1) is 6.07 Å². The molecule has 0 bridgehead atoms. The zero-order chi connectivity index (χ0) is 13.2. The summed E-state index contributed by atoms with van der Waals surface area (Å²) in [6.07, 6.45) is 4.49. The first kappa shape index (κ1) is 13.4. The van der Waals surface area contributed by atoms with E-state index in [2.05, 4.69) is 11.0 Å². The predicted octanol–water partition coefficient (Wildman–Crippen LogP) is 1.62. The summed E-state index contributed by atoms with van der Waals surface area (Å²) in [5.41, 5.74) is -0.414. The summed E-state index contributed by atoms with van der Waals surface area (Å²) < 4.78 is 0. The van der Waals surface area contributed by atoms with Crippen LogP contribution in [0.15, 0.2) is 0 Å². The fourth-order valence-electron chi connectivity index (χ4n) is 2.66. The molecule has 4 nitrogen and oxygen atoms in total. The number of piperazine rings is 1. The maximum atomic E-state index is 12.1. The number of carbonyl (C=O) groups excluding carboxylic acids is 1. The van der Waals surface area contributed by atoms with E-state index >= 15 is 0 Å². The average molecular weight is 249 g/mol. The molecule has 1 heterocycles. The van der Waals surface area contributed by atoms with E-state index in [9.17, 15) is 4.79 Å². The lowest BCUT2D eigenvalue weighted by atomic mass is 9.82. The Morgan fingerprint density at radius 3 is 2.33 bits per heavy atom. The molecule has 1 saturated heterocycles. The maximum Gasteiger partial charge on any atom is 0.222 e. The summed E-state index contributed by atoms with van der Waals surface area (Å²) in [4.78, 5) is 16.2. The highest BCUT2D eigenvalue weighted by Gasteiger charge is 2.32. The van der Waals surface area contributed by atoms with Crippen molar-refractivity contribution in [3.63, 3.8) is 0 Å². The Hall–Kier alpha value is -1.08. The van der Waals surface area contributed by atoms with E-state index in [4.69, 9.17) is 5.26 Å². The topological polar surface area (TPSA) is 47.3 Å². The van der Waals surface area contributed by atoms with Gasteiger partial charge in [-0.25, -0.2) is 0 Å². The van der Waals surface area contributed by atoms with Crippen molar-refractivity contribution in [2.45, 2.75) is 45.1 Å². The summed E-state index contributed by atoms with van der Waals surface area (Å²) in [7, 11) is 0. The molecular formula is C14H23N3O. The van der Waals surface area contributed by atoms with Crippen LogP contribution in [0.1, 0.15) is 39.5 Å². The molecule has 0 atom stereocenters. The van der Waals surface area contributed by atoms with Gasteiger partial charge < -0.3 is 4.90 Å². The van der Waals surface area contributed by atoms with Crippen molar-refractivity contribution in [1.82, 2.24) is 9.80 Å². The Kier molecular flexibility index (Phi) is 3.91. The molecule has 2 fully saturated rings. The molecule has 0 N–H and O–H groups in total. The van der Waals surface area contributed by atoms with Crippen LogP contribution in [-0.4, -0.2) is 47.4 Å². The molecule has 0 radical (unpaired) electrons. The third kappa shape index (κ3) is 2.84. The van der Waals surface area contributed by atoms with Crippen molar-refractivity contribution in [2.75, 3.05) is 26.2 Å². The largest absolute Gasteiger partial charge is 0.340 e. The van der Waals surface area contributed by atoms with E-state index in [1.54, 1.807) is 0 Å². The van der Waals surface area contributed by atoms with E-state index in [0.29, 0.717) is 11.8 Å². The summed E-state index contributed by atoms with van der Waals surface area (Å²) >= 11 is 0. The van der Waals surface area contributed by atoms with Crippen molar-refractivity contribution in [2.24, 2.45) is 5.92 Å². The summed E-state index contributed by atoms with van der Waals surface area (Å²) in [6, 6.07) is 2.33. The van der Waals surface area contributed by atoms with Crippen molar-refractivity contribution in [1.29, 1.82) is 5.26 Å². The van der Waals surface area contributed by atoms with Gasteiger partial charge in [-0.1, -0.05) is 6.42 Å². The highest BCUT2D eigenvalue weighted by Crippen LogP contribution is 2.30. The first-order chi connectivity index (χ1) is 8.53. The molecule has 2 aliphatic rings. The molecule has 18 heavy (non-hydrogen) atoms. The van der Waals surface area contributed by atoms with Crippen LogP contribution in [0.25, 0.3) is 0 Å². The van der Waals surface area contributed by atoms with Gasteiger partial charge in [-0.05, 0) is 32.6 Å². The Bertz CT molecular complexity index is 347. The second-order valence-corrected chi connectivity index (χ2v) is 6.04. The fraction of sp³-hybridized carbons (Fsp3) is 0.857. The minimum Gasteiger partial charge on any atom is -0.340 e. The van der Waals surface area contributed by atoms with Crippen LogP contribution in [0, 0.1) is 17.2 Å². The molecule has 0 aromatic carbocycles. The van der Waals surface area contributed by atoms with Crippen LogP contribution in [0.4, 0.5) is 0 Å². The first-order valence-electron chi connectivity index (χ1n) is 6.97. The molecule has 1 aliphatic heterocycles. The zero-order valence-corrected chi connectivity index (χ0v) is 11.5. The van der Waals surface area contributed by atoms with Gasteiger partial charge in [0, 0.05) is 32.6 Å². The van der Waals surface area contributed by atoms with Crippen molar-refractivity contribution in [3.8, 4) is 6.07 Å². The maximum absolute atomic E-state index is 12.1. The number of rotatable bonds is 3. The van der Waals surface area contributed by atoms with Gasteiger partial charge in [-0.2, -0.15) is 5.26 Å². The number of amides is 1. The highest BCUT2D eigenvalue weighted by atomic mass is 16.2. The molecule has 0 aromatic heterocycles. The lowest BCUT2D eigenvalue weighted by Crippen LogP contribution is -2.55. The number of hydrogen-bond donors (Lipinski definition) is 0. The van der Waals surface area contributed by atoms with E-state index in [1.807, 2.05) is 18.7 Å². The van der Waals surface area contributed by atoms with Crippen LogP contribution in [-0.2, 0) is 4.79 Å². The van der Waals surface area contributed by atoms with Crippen LogP contribution < -0.4 is 0 Å². The Balaban J connectivity index is 1.79. The van der Waals surface area contributed by atoms with Crippen LogP contribution >= 0.6 is 0 Å². The first-order valence-corrected chi connectivity index (χ1v) is 6.97. The monoisotopic (exact) mass is 249 g/mol. The van der Waals surface area contributed by atoms with Gasteiger partial charge in [0.2, 0.25) is 5.91 Å². The average Bonchev–Trinajstić information content (AvgIpc) is 2.33. The van der Waals surface area contributed by atoms with Crippen molar-refractivity contribution in [3.05, 3.63) is 0 Å². The van der Waals surface area contributed by atoms with E-state index < -0.39 is 5.54 Å². The standard InChI is InChI=1S/C14H23N3O/c1-14(2,11-15)17-8-6-16(7-9-17)13(18)10-12-4-3-5-12/h12H,3-10H2,1-2H3. The summed E-state index contributed by atoms with van der Waals surface area (Å²) in [5, 5.41) is 9.11. The lowest BCUT2D eigenvalue weighted by Gasteiger charge is -2.41. The van der Waals surface area contributed by atoms with Crippen LogP contribution in [0.5, 0.6) is 0 Å². The molecule has 0 spiro atoms. The van der Waals surface area contributed by atoms with Gasteiger partial charge in [0.1, 0.15) is 5.54 Å². The zero-order valence-electron chi connectivity index (χ0n) is 11.5. The summed E-state index contributed by atoms with van der Waals surface area (Å²) in [6.45, 7) is 7.07. The minimum atomic E-state index is -0.414. The third-order valence-corrected chi connectivity index (χ3v) is 4.38. The number of carbonyl (C=O) groups is 1. The molecule has 1 saturated carbocycles. The lowest BCUT2D eigenvalue weighted by molar-refractivity contribution is -0.135. The molecular weight excluding hydrogens is 226 g/mol. The second kappa shape index (κ2) is 5.27. The minimum absolute atomic E-state index is 0.314. The van der Waals surface area contributed by atoms with Crippen LogP contribution in [0.2, 0.25) is 0 Å².